The van der Waals surface area contributed by atoms with Crippen molar-refractivity contribution in [2.45, 2.75) is 24.8 Å². The third-order valence-corrected chi connectivity index (χ3v) is 4.74. The highest BCUT2D eigenvalue weighted by Gasteiger charge is 2.27. The molecule has 0 saturated carbocycles. The van der Waals surface area contributed by atoms with E-state index in [-0.39, 0.29) is 10.9 Å². The second-order valence-electron chi connectivity index (χ2n) is 3.55. The fourth-order valence-corrected chi connectivity index (χ4v) is 3.32. The molecule has 0 amide bonds. The van der Waals surface area contributed by atoms with Crippen LogP contribution < -0.4 is 0 Å². The van der Waals surface area contributed by atoms with Gasteiger partial charge in [0.25, 0.3) is 10.0 Å². The molecule has 1 rings (SSSR count). The lowest BCUT2D eigenvalue weighted by Gasteiger charge is -2.19. The Kier molecular flexibility index (Phi) is 6.07. The third kappa shape index (κ3) is 3.44. The Morgan fingerprint density at radius 3 is 2.78 bits per heavy atom. The van der Waals surface area contributed by atoms with Gasteiger partial charge in [0.1, 0.15) is 0 Å². The summed E-state index contributed by atoms with van der Waals surface area (Å²) in [5.74, 6) is 0.105. The van der Waals surface area contributed by atoms with E-state index in [1.165, 1.54) is 10.5 Å². The fourth-order valence-electron chi connectivity index (χ4n) is 1.51. The van der Waals surface area contributed by atoms with Crippen molar-refractivity contribution in [2.75, 3.05) is 26.3 Å². The van der Waals surface area contributed by atoms with Gasteiger partial charge in [-0.1, -0.05) is 6.92 Å². The van der Waals surface area contributed by atoms with Crippen LogP contribution in [0.1, 0.15) is 19.4 Å². The van der Waals surface area contributed by atoms with Crippen molar-refractivity contribution in [3.05, 3.63) is 11.8 Å². The Hall–Kier alpha value is -0.630. The van der Waals surface area contributed by atoms with E-state index < -0.39 is 10.0 Å². The van der Waals surface area contributed by atoms with E-state index in [9.17, 15) is 8.42 Å². The highest BCUT2D eigenvalue weighted by atomic mass is 35.5. The molecule has 0 radical (unpaired) electrons. The number of rotatable bonds is 8. The van der Waals surface area contributed by atoms with Gasteiger partial charge in [-0.15, -0.1) is 11.6 Å². The maximum Gasteiger partial charge on any atom is 0.260 e. The van der Waals surface area contributed by atoms with Crippen LogP contribution in [0.5, 0.6) is 0 Å². The molecule has 0 atom stereocenters. The third-order valence-electron chi connectivity index (χ3n) is 2.46. The number of sulfonamides is 1. The molecule has 1 aromatic rings. The predicted molar refractivity (Wildman–Crippen MR) is 69.1 cm³/mol. The van der Waals surface area contributed by atoms with Crippen LogP contribution in [-0.4, -0.2) is 49.2 Å². The number of hydrogen-bond donors (Lipinski definition) is 1. The summed E-state index contributed by atoms with van der Waals surface area (Å²) >= 11 is 5.69. The molecule has 0 fully saturated rings. The van der Waals surface area contributed by atoms with Crippen molar-refractivity contribution >= 4 is 21.6 Å². The molecule has 1 aromatic heterocycles. The maximum atomic E-state index is 12.3. The standard InChI is InChI=1S/C10H18ClN3O3S/c1-3-14(5-6-17-4-2)18(15,16)10-9(7-11)8-12-13-10/h8H,3-7H2,1-2H3,(H,12,13). The van der Waals surface area contributed by atoms with Gasteiger partial charge in [-0.3, -0.25) is 5.10 Å². The second-order valence-corrected chi connectivity index (χ2v) is 5.69. The molecular formula is C10H18ClN3O3S. The summed E-state index contributed by atoms with van der Waals surface area (Å²) in [7, 11) is -3.58. The van der Waals surface area contributed by atoms with Crippen LogP contribution in [0, 0.1) is 0 Å². The minimum atomic E-state index is -3.58. The zero-order valence-corrected chi connectivity index (χ0v) is 12.1. The van der Waals surface area contributed by atoms with Crippen LogP contribution in [0.4, 0.5) is 0 Å². The summed E-state index contributed by atoms with van der Waals surface area (Å²) in [6.45, 7) is 5.26. The van der Waals surface area contributed by atoms with E-state index in [0.29, 0.717) is 31.9 Å². The van der Waals surface area contributed by atoms with Gasteiger partial charge in [-0.25, -0.2) is 8.42 Å². The van der Waals surface area contributed by atoms with E-state index in [1.54, 1.807) is 6.92 Å². The molecule has 0 unspecified atom stereocenters. The SMILES string of the molecule is CCOCCN(CC)S(=O)(=O)c1[nH]ncc1CCl. The first-order valence-corrected chi connectivity index (χ1v) is 7.71. The second kappa shape index (κ2) is 7.08. The largest absolute Gasteiger partial charge is 0.380 e. The minimum absolute atomic E-state index is 0.0656. The molecule has 8 heteroatoms. The number of nitrogens with one attached hydrogen (secondary N) is 1. The van der Waals surface area contributed by atoms with E-state index in [0.717, 1.165) is 0 Å². The Morgan fingerprint density at radius 2 is 2.22 bits per heavy atom. The van der Waals surface area contributed by atoms with Gasteiger partial charge in [0.05, 0.1) is 18.7 Å². The summed E-state index contributed by atoms with van der Waals surface area (Å²) in [5.41, 5.74) is 0.478. The van der Waals surface area contributed by atoms with Crippen molar-refractivity contribution in [1.29, 1.82) is 0 Å². The summed E-state index contributed by atoms with van der Waals surface area (Å²) in [4.78, 5) is 0. The Labute approximate surface area is 112 Å². The van der Waals surface area contributed by atoms with Crippen molar-refractivity contribution in [3.63, 3.8) is 0 Å². The lowest BCUT2D eigenvalue weighted by molar-refractivity contribution is 0.135. The number of likely N-dealkylation sites (N-methyl/N-ethyl adjacent to an activating group) is 1. The van der Waals surface area contributed by atoms with E-state index in [1.807, 2.05) is 6.92 Å². The first kappa shape index (κ1) is 15.4. The topological polar surface area (TPSA) is 75.3 Å². The van der Waals surface area contributed by atoms with Crippen molar-refractivity contribution < 1.29 is 13.2 Å². The minimum Gasteiger partial charge on any atom is -0.380 e. The number of aromatic amines is 1. The molecule has 0 spiro atoms. The van der Waals surface area contributed by atoms with Gasteiger partial charge >= 0.3 is 0 Å². The lowest BCUT2D eigenvalue weighted by Crippen LogP contribution is -2.34. The average molecular weight is 296 g/mol. The van der Waals surface area contributed by atoms with Gasteiger partial charge in [0.2, 0.25) is 0 Å². The van der Waals surface area contributed by atoms with Gasteiger partial charge < -0.3 is 4.74 Å². The molecule has 0 aliphatic carbocycles. The molecule has 0 saturated heterocycles. The lowest BCUT2D eigenvalue weighted by atomic mass is 10.4. The fraction of sp³-hybridized carbons (Fsp3) is 0.700. The zero-order chi connectivity index (χ0) is 13.6. The van der Waals surface area contributed by atoms with E-state index in [2.05, 4.69) is 10.2 Å². The Bertz CT molecular complexity index is 461. The molecular weight excluding hydrogens is 278 g/mol. The van der Waals surface area contributed by atoms with Crippen LogP contribution >= 0.6 is 11.6 Å². The van der Waals surface area contributed by atoms with Crippen molar-refractivity contribution in [1.82, 2.24) is 14.5 Å². The first-order chi connectivity index (χ1) is 8.57. The number of aromatic nitrogens is 2. The quantitative estimate of drug-likeness (QED) is 0.577. The number of ether oxygens (including phenoxy) is 1. The molecule has 1 heterocycles. The maximum absolute atomic E-state index is 12.3. The smallest absolute Gasteiger partial charge is 0.260 e. The summed E-state index contributed by atoms with van der Waals surface area (Å²) in [6.07, 6.45) is 1.43. The van der Waals surface area contributed by atoms with Crippen molar-refractivity contribution in [2.24, 2.45) is 0 Å². The number of H-pyrrole nitrogens is 1. The molecule has 0 aliphatic rings. The van der Waals surface area contributed by atoms with Crippen molar-refractivity contribution in [3.8, 4) is 0 Å². The van der Waals surface area contributed by atoms with E-state index in [4.69, 9.17) is 16.3 Å². The van der Waals surface area contributed by atoms with Crippen LogP contribution in [0.2, 0.25) is 0 Å². The Balaban J connectivity index is 2.89. The molecule has 0 bridgehead atoms. The molecule has 18 heavy (non-hydrogen) atoms. The first-order valence-electron chi connectivity index (χ1n) is 5.74. The highest BCUT2D eigenvalue weighted by molar-refractivity contribution is 7.89. The summed E-state index contributed by atoms with van der Waals surface area (Å²) in [5, 5.41) is 6.29. The summed E-state index contributed by atoms with van der Waals surface area (Å²) < 4.78 is 31.2. The van der Waals surface area contributed by atoms with E-state index >= 15 is 0 Å². The van der Waals surface area contributed by atoms with Gasteiger partial charge in [0.15, 0.2) is 5.03 Å². The molecule has 104 valence electrons. The van der Waals surface area contributed by atoms with Crippen LogP contribution in [-0.2, 0) is 20.6 Å². The Morgan fingerprint density at radius 1 is 1.50 bits per heavy atom. The summed E-state index contributed by atoms with van der Waals surface area (Å²) in [6, 6.07) is 0. The van der Waals surface area contributed by atoms with Gasteiger partial charge in [-0.2, -0.15) is 9.40 Å². The monoisotopic (exact) mass is 295 g/mol. The number of alkyl halides is 1. The zero-order valence-electron chi connectivity index (χ0n) is 10.5. The molecule has 0 aliphatic heterocycles. The molecule has 0 aromatic carbocycles. The highest BCUT2D eigenvalue weighted by Crippen LogP contribution is 2.18. The number of hydrogen-bond acceptors (Lipinski definition) is 4. The molecule has 6 nitrogen and oxygen atoms in total. The van der Waals surface area contributed by atoms with Crippen LogP contribution in [0.3, 0.4) is 0 Å². The predicted octanol–water partition coefficient (Wildman–Crippen LogP) is 1.20. The van der Waals surface area contributed by atoms with Gasteiger partial charge in [0, 0.05) is 25.3 Å². The normalized spacial score (nSPS) is 12.2. The van der Waals surface area contributed by atoms with Crippen LogP contribution in [0.15, 0.2) is 11.2 Å². The molecule has 1 N–H and O–H groups in total. The number of halogens is 1. The average Bonchev–Trinajstić information content (AvgIpc) is 2.83. The number of nitrogens with zero attached hydrogens (tertiary/aromatic N) is 2. The van der Waals surface area contributed by atoms with Gasteiger partial charge in [-0.05, 0) is 6.92 Å². The van der Waals surface area contributed by atoms with Crippen LogP contribution in [0.25, 0.3) is 0 Å².